The van der Waals surface area contributed by atoms with Crippen LogP contribution in [0.4, 0.5) is 4.79 Å². The zero-order valence-corrected chi connectivity index (χ0v) is 22.8. The molecule has 1 heterocycles. The number of ether oxygens (including phenoxy) is 1. The van der Waals surface area contributed by atoms with Crippen LogP contribution in [-0.4, -0.2) is 73.9 Å². The predicted octanol–water partition coefficient (Wildman–Crippen LogP) is 2.67. The Balaban J connectivity index is 1.53. The molecule has 2 amide bonds. The summed E-state index contributed by atoms with van der Waals surface area (Å²) >= 11 is 0. The summed E-state index contributed by atoms with van der Waals surface area (Å²) in [5.74, 6) is 2.17. The second-order valence-corrected chi connectivity index (χ2v) is 10.8. The molecule has 0 spiro atoms. The molecule has 2 aliphatic carbocycles. The summed E-state index contributed by atoms with van der Waals surface area (Å²) in [5.41, 5.74) is 5.52. The van der Waals surface area contributed by atoms with E-state index < -0.39 is 12.1 Å². The van der Waals surface area contributed by atoms with E-state index >= 15 is 0 Å². The van der Waals surface area contributed by atoms with Crippen LogP contribution in [0.1, 0.15) is 52.9 Å². The van der Waals surface area contributed by atoms with Crippen LogP contribution in [0.2, 0.25) is 0 Å². The summed E-state index contributed by atoms with van der Waals surface area (Å²) in [6, 6.07) is -0.416. The molecule has 9 nitrogen and oxygen atoms in total. The van der Waals surface area contributed by atoms with Gasteiger partial charge in [0.1, 0.15) is 11.9 Å². The molecule has 2 unspecified atom stereocenters. The van der Waals surface area contributed by atoms with Gasteiger partial charge in [-0.15, -0.1) is 0 Å². The van der Waals surface area contributed by atoms with Crippen molar-refractivity contribution < 1.29 is 19.1 Å². The molecule has 0 aromatic rings. The summed E-state index contributed by atoms with van der Waals surface area (Å²) in [5, 5.41) is 6.26. The van der Waals surface area contributed by atoms with Gasteiger partial charge < -0.3 is 26.0 Å². The van der Waals surface area contributed by atoms with Gasteiger partial charge in [0.2, 0.25) is 5.91 Å². The van der Waals surface area contributed by atoms with E-state index in [4.69, 9.17) is 15.5 Å². The van der Waals surface area contributed by atoms with Crippen LogP contribution in [0.3, 0.4) is 0 Å². The van der Waals surface area contributed by atoms with Crippen molar-refractivity contribution in [1.29, 1.82) is 0 Å². The van der Waals surface area contributed by atoms with E-state index in [2.05, 4.69) is 34.9 Å². The van der Waals surface area contributed by atoms with E-state index in [1.807, 2.05) is 20.8 Å². The van der Waals surface area contributed by atoms with Crippen LogP contribution in [-0.2, 0) is 14.3 Å². The van der Waals surface area contributed by atoms with Crippen LogP contribution in [0.5, 0.6) is 0 Å². The SMILES string of the molecule is CCCN(CC1=NC[C@H](C2C=C[C@@H](C3C=C[C@@H](C(=O)CN)CC3)CC2)N1)C(=O)[C@@H](NC(=O)OC)C(C)C. The first kappa shape index (κ1) is 28.9. The minimum atomic E-state index is -0.646. The Morgan fingerprint density at radius 2 is 1.76 bits per heavy atom. The smallest absolute Gasteiger partial charge is 0.407 e. The molecule has 0 aromatic heterocycles. The third kappa shape index (κ3) is 7.66. The molecule has 0 saturated carbocycles. The summed E-state index contributed by atoms with van der Waals surface area (Å²) in [6.07, 6.45) is 13.3. The predicted molar refractivity (Wildman–Crippen MR) is 145 cm³/mol. The fraction of sp³-hybridized carbons (Fsp3) is 0.714. The van der Waals surface area contributed by atoms with Crippen molar-refractivity contribution >= 4 is 23.6 Å². The minimum Gasteiger partial charge on any atom is -0.453 e. The first-order valence-corrected chi connectivity index (χ1v) is 13.8. The van der Waals surface area contributed by atoms with E-state index in [-0.39, 0.29) is 36.1 Å². The van der Waals surface area contributed by atoms with E-state index in [1.54, 1.807) is 4.90 Å². The van der Waals surface area contributed by atoms with Gasteiger partial charge in [-0.2, -0.15) is 0 Å². The third-order valence-corrected chi connectivity index (χ3v) is 7.89. The van der Waals surface area contributed by atoms with Crippen LogP contribution in [0.25, 0.3) is 0 Å². The van der Waals surface area contributed by atoms with Crippen LogP contribution < -0.4 is 16.4 Å². The van der Waals surface area contributed by atoms with Crippen molar-refractivity contribution in [2.45, 2.75) is 65.0 Å². The number of aliphatic imine (C=N–C) groups is 1. The maximum atomic E-state index is 13.3. The van der Waals surface area contributed by atoms with Crippen molar-refractivity contribution in [3.05, 3.63) is 24.3 Å². The maximum absolute atomic E-state index is 13.3. The quantitative estimate of drug-likeness (QED) is 0.363. The van der Waals surface area contributed by atoms with Crippen molar-refractivity contribution in [3.63, 3.8) is 0 Å². The first-order chi connectivity index (χ1) is 17.8. The number of nitrogens with one attached hydrogen (secondary N) is 2. The molecule has 9 heteroatoms. The highest BCUT2D eigenvalue weighted by atomic mass is 16.5. The van der Waals surface area contributed by atoms with Crippen molar-refractivity contribution in [2.24, 2.45) is 40.3 Å². The molecule has 37 heavy (non-hydrogen) atoms. The standard InChI is InChI=1S/C28H45N5O4/c1-5-14-33(27(35)26(18(2)3)32-28(36)37-4)17-25-30-16-23(31-25)21-10-6-19(7-11-21)20-8-12-22(13-9-20)24(34)15-29/h6,8,10,12,18-23,26H,5,7,9,11,13-17,29H2,1-4H3,(H,30,31)(H,32,36)/t19-,20?,21?,22-,23-,26+/m1/s1. The summed E-state index contributed by atoms with van der Waals surface area (Å²) in [7, 11) is 1.30. The lowest BCUT2D eigenvalue weighted by Gasteiger charge is -2.33. The van der Waals surface area contributed by atoms with Crippen molar-refractivity contribution in [2.75, 3.05) is 33.3 Å². The molecule has 0 bridgehead atoms. The summed E-state index contributed by atoms with van der Waals surface area (Å²) in [4.78, 5) is 43.5. The molecule has 3 aliphatic rings. The number of alkyl carbamates (subject to hydrolysis) is 1. The second kappa shape index (κ2) is 13.7. The molecule has 0 radical (unpaired) electrons. The number of amidine groups is 1. The topological polar surface area (TPSA) is 126 Å². The largest absolute Gasteiger partial charge is 0.453 e. The highest BCUT2D eigenvalue weighted by molar-refractivity contribution is 5.92. The number of allylic oxidation sites excluding steroid dienone is 3. The van der Waals surface area contributed by atoms with Gasteiger partial charge in [-0.3, -0.25) is 14.6 Å². The third-order valence-electron chi connectivity index (χ3n) is 7.89. The Kier molecular flexibility index (Phi) is 10.7. The van der Waals surface area contributed by atoms with Gasteiger partial charge in [0.05, 0.1) is 32.8 Å². The monoisotopic (exact) mass is 515 g/mol. The van der Waals surface area contributed by atoms with Crippen molar-refractivity contribution in [3.8, 4) is 0 Å². The summed E-state index contributed by atoms with van der Waals surface area (Å²) < 4.78 is 4.72. The number of nitrogens with zero attached hydrogens (tertiary/aromatic N) is 2. The molecule has 6 atom stereocenters. The maximum Gasteiger partial charge on any atom is 0.407 e. The number of carbonyl (C=O) groups is 3. The molecular formula is C28H45N5O4. The average Bonchev–Trinajstić information content (AvgIpc) is 3.39. The van der Waals surface area contributed by atoms with E-state index in [9.17, 15) is 14.4 Å². The molecule has 0 fully saturated rings. The molecule has 0 saturated heterocycles. The first-order valence-electron chi connectivity index (χ1n) is 13.8. The van der Waals surface area contributed by atoms with Gasteiger partial charge >= 0.3 is 6.09 Å². The Hall–Kier alpha value is -2.68. The zero-order valence-electron chi connectivity index (χ0n) is 22.8. The number of hydrogen-bond acceptors (Lipinski definition) is 7. The Labute approximate surface area is 221 Å². The fourth-order valence-electron chi connectivity index (χ4n) is 5.64. The number of carbonyl (C=O) groups excluding carboxylic acids is 3. The van der Waals surface area contributed by atoms with Crippen LogP contribution >= 0.6 is 0 Å². The highest BCUT2D eigenvalue weighted by Crippen LogP contribution is 2.36. The van der Waals surface area contributed by atoms with Crippen LogP contribution in [0.15, 0.2) is 29.3 Å². The Morgan fingerprint density at radius 3 is 2.30 bits per heavy atom. The van der Waals surface area contributed by atoms with Gasteiger partial charge in [-0.05, 0) is 55.8 Å². The molecule has 4 N–H and O–H groups in total. The second-order valence-electron chi connectivity index (χ2n) is 10.8. The minimum absolute atomic E-state index is 0.00829. The average molecular weight is 516 g/mol. The highest BCUT2D eigenvalue weighted by Gasteiger charge is 2.33. The number of rotatable bonds is 11. The van der Waals surface area contributed by atoms with Gasteiger partial charge in [0.25, 0.3) is 0 Å². The fourth-order valence-corrected chi connectivity index (χ4v) is 5.64. The lowest BCUT2D eigenvalue weighted by Crippen LogP contribution is -2.53. The van der Waals surface area contributed by atoms with Gasteiger partial charge in [-0.25, -0.2) is 4.79 Å². The normalized spacial score (nSPS) is 27.8. The number of nitrogens with two attached hydrogens (primary N) is 1. The van der Waals surface area contributed by atoms with Gasteiger partial charge in [-0.1, -0.05) is 45.1 Å². The molecular weight excluding hydrogens is 470 g/mol. The number of Topliss-reactive ketones (excluding diaryl/α,β-unsaturated/α-hetero) is 1. The van der Waals surface area contributed by atoms with E-state index in [0.29, 0.717) is 37.4 Å². The lowest BCUT2D eigenvalue weighted by atomic mass is 9.74. The van der Waals surface area contributed by atoms with Crippen molar-refractivity contribution in [1.82, 2.24) is 15.5 Å². The lowest BCUT2D eigenvalue weighted by molar-refractivity contribution is -0.133. The molecule has 3 rings (SSSR count). The Morgan fingerprint density at radius 1 is 1.11 bits per heavy atom. The van der Waals surface area contributed by atoms with E-state index in [1.165, 1.54) is 7.11 Å². The molecule has 1 aliphatic heterocycles. The van der Waals surface area contributed by atoms with Gasteiger partial charge in [0, 0.05) is 12.5 Å². The molecule has 206 valence electrons. The van der Waals surface area contributed by atoms with Gasteiger partial charge in [0.15, 0.2) is 5.78 Å². The number of ketones is 1. The Bertz CT molecular complexity index is 899. The number of methoxy groups -OCH3 is 1. The zero-order chi connectivity index (χ0) is 26.9. The molecule has 0 aromatic carbocycles. The van der Waals surface area contributed by atoms with E-state index in [0.717, 1.165) is 37.9 Å². The number of hydrogen-bond donors (Lipinski definition) is 3. The van der Waals surface area contributed by atoms with Crippen LogP contribution in [0, 0.1) is 29.6 Å². The summed E-state index contributed by atoms with van der Waals surface area (Å²) in [6.45, 7) is 7.67. The number of amides is 2.